The second-order valence-electron chi connectivity index (χ2n) is 10.4. The first-order valence-corrected chi connectivity index (χ1v) is 15.2. The van der Waals surface area contributed by atoms with Crippen molar-refractivity contribution in [2.75, 3.05) is 45.3 Å². The third-order valence-electron chi connectivity index (χ3n) is 7.34. The van der Waals surface area contributed by atoms with Crippen LogP contribution in [0.3, 0.4) is 0 Å². The van der Waals surface area contributed by atoms with Gasteiger partial charge in [-0.2, -0.15) is 0 Å². The topological polar surface area (TPSA) is 109 Å². The van der Waals surface area contributed by atoms with Gasteiger partial charge in [-0.3, -0.25) is 4.79 Å². The number of hydrogen-bond donors (Lipinski definition) is 3. The standard InChI is InChI=1S/C32H36FN5O4S/c1-41-25-7-2-5-23(17-25)19-34-31(40)29-10-9-28(43-29)30-27(33)20-35-32(37-30)36-24-6-3-8-26(18-24)42-16-4-13-38-14-11-22(21-39)12-15-38/h2-3,5-10,17-18,20,22,39H,4,11-16,19,21H2,1H3,(H,34,40)(H,35,36,37). The Morgan fingerprint density at radius 2 is 1.93 bits per heavy atom. The molecule has 3 heterocycles. The minimum atomic E-state index is -0.576. The van der Waals surface area contributed by atoms with E-state index in [4.69, 9.17) is 9.47 Å². The minimum Gasteiger partial charge on any atom is -0.497 e. The number of likely N-dealkylation sites (tertiary alicyclic amines) is 1. The molecule has 0 radical (unpaired) electrons. The number of aliphatic hydroxyl groups is 1. The summed E-state index contributed by atoms with van der Waals surface area (Å²) >= 11 is 1.16. The van der Waals surface area contributed by atoms with Gasteiger partial charge in [0.05, 0.1) is 29.7 Å². The summed E-state index contributed by atoms with van der Waals surface area (Å²) in [7, 11) is 1.60. The molecule has 0 bridgehead atoms. The lowest BCUT2D eigenvalue weighted by Gasteiger charge is -2.30. The van der Waals surface area contributed by atoms with Crippen LogP contribution in [0.15, 0.2) is 66.9 Å². The van der Waals surface area contributed by atoms with Crippen LogP contribution in [-0.4, -0.2) is 65.8 Å². The summed E-state index contributed by atoms with van der Waals surface area (Å²) in [5.74, 6) is 1.28. The fraction of sp³-hybridized carbons (Fsp3) is 0.344. The molecule has 1 aliphatic rings. The van der Waals surface area contributed by atoms with Crippen LogP contribution in [0.25, 0.3) is 10.6 Å². The van der Waals surface area contributed by atoms with Crippen LogP contribution in [0, 0.1) is 11.7 Å². The van der Waals surface area contributed by atoms with E-state index >= 15 is 0 Å². The molecule has 2 aromatic carbocycles. The number of carbonyl (C=O) groups is 1. The maximum Gasteiger partial charge on any atom is 0.261 e. The molecule has 0 saturated carbocycles. The van der Waals surface area contributed by atoms with Crippen molar-refractivity contribution in [3.63, 3.8) is 0 Å². The van der Waals surface area contributed by atoms with Crippen molar-refractivity contribution < 1.29 is 23.8 Å². The number of nitrogens with one attached hydrogen (secondary N) is 2. The Kier molecular flexibility index (Phi) is 10.5. The van der Waals surface area contributed by atoms with Crippen LogP contribution in [0.1, 0.15) is 34.5 Å². The van der Waals surface area contributed by atoms with Crippen LogP contribution < -0.4 is 20.1 Å². The van der Waals surface area contributed by atoms with Crippen molar-refractivity contribution in [3.8, 4) is 22.1 Å². The SMILES string of the molecule is COc1cccc(CNC(=O)c2ccc(-c3nc(Nc4cccc(OCCCN5CCC(CO)CC5)c4)ncc3F)s2)c1. The number of aromatic nitrogens is 2. The predicted octanol–water partition coefficient (Wildman–Crippen LogP) is 5.50. The summed E-state index contributed by atoms with van der Waals surface area (Å²) in [5, 5.41) is 15.3. The molecule has 2 aromatic heterocycles. The maximum atomic E-state index is 14.8. The number of hydrogen-bond acceptors (Lipinski definition) is 9. The van der Waals surface area contributed by atoms with Gasteiger partial charge in [-0.05, 0) is 80.2 Å². The van der Waals surface area contributed by atoms with Gasteiger partial charge in [0.2, 0.25) is 5.95 Å². The lowest BCUT2D eigenvalue weighted by molar-refractivity contribution is 0.0955. The van der Waals surface area contributed by atoms with E-state index in [-0.39, 0.29) is 24.2 Å². The third kappa shape index (κ3) is 8.50. The number of halogens is 1. The molecule has 43 heavy (non-hydrogen) atoms. The molecule has 0 unspecified atom stereocenters. The summed E-state index contributed by atoms with van der Waals surface area (Å²) in [6, 6.07) is 18.3. The zero-order chi connectivity index (χ0) is 30.0. The average molecular weight is 606 g/mol. The Balaban J connectivity index is 1.15. The molecule has 226 valence electrons. The second kappa shape index (κ2) is 14.9. The Labute approximate surface area is 254 Å². The van der Waals surface area contributed by atoms with Gasteiger partial charge in [0, 0.05) is 31.5 Å². The Bertz CT molecular complexity index is 1510. The molecule has 1 saturated heterocycles. The Hall–Kier alpha value is -4.06. The Morgan fingerprint density at radius 1 is 1.12 bits per heavy atom. The highest BCUT2D eigenvalue weighted by molar-refractivity contribution is 7.17. The summed E-state index contributed by atoms with van der Waals surface area (Å²) in [4.78, 5) is 24.6. The molecule has 3 N–H and O–H groups in total. The monoisotopic (exact) mass is 605 g/mol. The van der Waals surface area contributed by atoms with E-state index in [0.717, 1.165) is 67.7 Å². The molecule has 0 spiro atoms. The number of thiophene rings is 1. The van der Waals surface area contributed by atoms with E-state index in [2.05, 4.69) is 25.5 Å². The van der Waals surface area contributed by atoms with Crippen molar-refractivity contribution in [1.82, 2.24) is 20.2 Å². The van der Waals surface area contributed by atoms with Gasteiger partial charge in [-0.15, -0.1) is 11.3 Å². The molecule has 5 rings (SSSR count). The Morgan fingerprint density at radius 3 is 2.74 bits per heavy atom. The molecule has 11 heteroatoms. The number of methoxy groups -OCH3 is 1. The molecule has 4 aromatic rings. The zero-order valence-electron chi connectivity index (χ0n) is 24.1. The summed E-state index contributed by atoms with van der Waals surface area (Å²) < 4.78 is 26.0. The highest BCUT2D eigenvalue weighted by Gasteiger charge is 2.18. The minimum absolute atomic E-state index is 0.116. The van der Waals surface area contributed by atoms with Crippen molar-refractivity contribution >= 4 is 28.9 Å². The van der Waals surface area contributed by atoms with E-state index in [9.17, 15) is 14.3 Å². The number of anilines is 2. The van der Waals surface area contributed by atoms with Gasteiger partial charge in [-0.25, -0.2) is 14.4 Å². The molecule has 1 aliphatic heterocycles. The fourth-order valence-corrected chi connectivity index (χ4v) is 5.82. The van der Waals surface area contributed by atoms with E-state index in [0.29, 0.717) is 40.3 Å². The van der Waals surface area contributed by atoms with E-state index in [1.807, 2.05) is 48.5 Å². The molecular formula is C32H36FN5O4S. The summed E-state index contributed by atoms with van der Waals surface area (Å²) in [6.07, 6.45) is 4.13. The van der Waals surface area contributed by atoms with Gasteiger partial charge in [0.1, 0.15) is 17.2 Å². The normalized spacial score (nSPS) is 13.9. The molecular weight excluding hydrogens is 569 g/mol. The summed E-state index contributed by atoms with van der Waals surface area (Å²) in [5.41, 5.74) is 1.74. The van der Waals surface area contributed by atoms with Crippen molar-refractivity contribution in [1.29, 1.82) is 0 Å². The van der Waals surface area contributed by atoms with Crippen LogP contribution >= 0.6 is 11.3 Å². The fourth-order valence-electron chi connectivity index (χ4n) is 4.90. The molecule has 0 aliphatic carbocycles. The van der Waals surface area contributed by atoms with Gasteiger partial charge in [-0.1, -0.05) is 18.2 Å². The smallest absolute Gasteiger partial charge is 0.261 e. The van der Waals surface area contributed by atoms with Gasteiger partial charge >= 0.3 is 0 Å². The number of amides is 1. The molecule has 0 atom stereocenters. The van der Waals surface area contributed by atoms with E-state index < -0.39 is 5.82 Å². The maximum absolute atomic E-state index is 14.8. The first-order valence-electron chi connectivity index (χ1n) is 14.4. The van der Waals surface area contributed by atoms with E-state index in [1.165, 1.54) is 0 Å². The number of ether oxygens (including phenoxy) is 2. The predicted molar refractivity (Wildman–Crippen MR) is 166 cm³/mol. The number of nitrogens with zero attached hydrogens (tertiary/aromatic N) is 3. The number of benzene rings is 2. The van der Waals surface area contributed by atoms with Gasteiger partial charge < -0.3 is 30.1 Å². The highest BCUT2D eigenvalue weighted by Crippen LogP contribution is 2.30. The second-order valence-corrected chi connectivity index (χ2v) is 11.5. The van der Waals surface area contributed by atoms with Gasteiger partial charge in [0.15, 0.2) is 5.82 Å². The molecule has 9 nitrogen and oxygen atoms in total. The van der Waals surface area contributed by atoms with Crippen LogP contribution in [0.4, 0.5) is 16.0 Å². The van der Waals surface area contributed by atoms with Crippen molar-refractivity contribution in [3.05, 3.63) is 83.1 Å². The lowest BCUT2D eigenvalue weighted by Crippen LogP contribution is -2.35. The van der Waals surface area contributed by atoms with E-state index in [1.54, 1.807) is 19.2 Å². The molecule has 1 amide bonds. The van der Waals surface area contributed by atoms with Gasteiger partial charge in [0.25, 0.3) is 5.91 Å². The highest BCUT2D eigenvalue weighted by atomic mass is 32.1. The lowest BCUT2D eigenvalue weighted by atomic mass is 9.98. The van der Waals surface area contributed by atoms with Crippen LogP contribution in [0.5, 0.6) is 11.5 Å². The number of carbonyl (C=O) groups excluding carboxylic acids is 1. The van der Waals surface area contributed by atoms with Crippen LogP contribution in [0.2, 0.25) is 0 Å². The molecule has 1 fully saturated rings. The van der Waals surface area contributed by atoms with Crippen molar-refractivity contribution in [2.24, 2.45) is 5.92 Å². The largest absolute Gasteiger partial charge is 0.497 e. The van der Waals surface area contributed by atoms with Crippen LogP contribution in [-0.2, 0) is 6.54 Å². The third-order valence-corrected chi connectivity index (χ3v) is 8.43. The number of rotatable bonds is 13. The average Bonchev–Trinajstić information content (AvgIpc) is 3.54. The first-order chi connectivity index (χ1) is 21.0. The number of piperidine rings is 1. The zero-order valence-corrected chi connectivity index (χ0v) is 24.9. The van der Waals surface area contributed by atoms with Crippen molar-refractivity contribution in [2.45, 2.75) is 25.8 Å². The summed E-state index contributed by atoms with van der Waals surface area (Å²) in [6.45, 7) is 4.23. The first kappa shape index (κ1) is 30.4. The number of aliphatic hydroxyl groups excluding tert-OH is 1. The quantitative estimate of drug-likeness (QED) is 0.172.